The molecule has 0 aliphatic rings. The van der Waals surface area contributed by atoms with Gasteiger partial charge in [0.15, 0.2) is 0 Å². The van der Waals surface area contributed by atoms with Crippen LogP contribution in [0.3, 0.4) is 0 Å². The van der Waals surface area contributed by atoms with E-state index in [2.05, 4.69) is 4.90 Å². The second kappa shape index (κ2) is 7.86. The summed E-state index contributed by atoms with van der Waals surface area (Å²) < 4.78 is 26.6. The van der Waals surface area contributed by atoms with Gasteiger partial charge >= 0.3 is 0 Å². The maximum Gasteiger partial charge on any atom is 0.126 e. The lowest BCUT2D eigenvalue weighted by molar-refractivity contribution is 0.254. The Morgan fingerprint density at radius 2 is 1.48 bits per heavy atom. The van der Waals surface area contributed by atoms with Crippen molar-refractivity contribution in [3.8, 4) is 0 Å². The van der Waals surface area contributed by atoms with Gasteiger partial charge in [-0.3, -0.25) is 4.90 Å². The molecule has 4 heteroatoms. The summed E-state index contributed by atoms with van der Waals surface area (Å²) in [6, 6.07) is 13.7. The van der Waals surface area contributed by atoms with Crippen LogP contribution in [0.5, 0.6) is 0 Å². The van der Waals surface area contributed by atoms with Crippen molar-refractivity contribution in [3.63, 3.8) is 0 Å². The smallest absolute Gasteiger partial charge is 0.126 e. The molecule has 0 fully saturated rings. The Labute approximate surface area is 124 Å². The van der Waals surface area contributed by atoms with Gasteiger partial charge in [0, 0.05) is 25.7 Å². The third-order valence-corrected chi connectivity index (χ3v) is 3.26. The van der Waals surface area contributed by atoms with Crippen LogP contribution in [0, 0.1) is 11.6 Å². The molecular weight excluding hydrogens is 270 g/mol. The fourth-order valence-electron chi connectivity index (χ4n) is 2.33. The summed E-state index contributed by atoms with van der Waals surface area (Å²) in [7, 11) is 0. The molecule has 2 nitrogen and oxygen atoms in total. The highest BCUT2D eigenvalue weighted by atomic mass is 19.1. The van der Waals surface area contributed by atoms with E-state index in [1.165, 1.54) is 17.7 Å². The summed E-state index contributed by atoms with van der Waals surface area (Å²) in [5.74, 6) is -1.08. The van der Waals surface area contributed by atoms with E-state index < -0.39 is 11.6 Å². The molecule has 2 rings (SSSR count). The second-order valence-electron chi connectivity index (χ2n) is 5.12. The molecule has 0 amide bonds. The standard InChI is InChI=1S/C17H20F2N2/c18-16-9-15(10-17(19)11-16)13-21(8-4-7-20)12-14-5-2-1-3-6-14/h1-3,5-6,9-11H,4,7-8,12-13,20H2. The lowest BCUT2D eigenvalue weighted by atomic mass is 10.1. The third-order valence-electron chi connectivity index (χ3n) is 3.26. The normalized spacial score (nSPS) is 11.0. The molecule has 2 aromatic rings. The van der Waals surface area contributed by atoms with Gasteiger partial charge in [-0.2, -0.15) is 0 Å². The number of nitrogens with two attached hydrogens (primary N) is 1. The van der Waals surface area contributed by atoms with Crippen molar-refractivity contribution in [2.24, 2.45) is 5.73 Å². The second-order valence-corrected chi connectivity index (χ2v) is 5.12. The van der Waals surface area contributed by atoms with Crippen molar-refractivity contribution in [3.05, 3.63) is 71.3 Å². The van der Waals surface area contributed by atoms with E-state index in [1.54, 1.807) is 0 Å². The maximum atomic E-state index is 13.3. The van der Waals surface area contributed by atoms with E-state index in [-0.39, 0.29) is 0 Å². The molecule has 112 valence electrons. The Bertz CT molecular complexity index is 538. The third kappa shape index (κ3) is 5.25. The van der Waals surface area contributed by atoms with Crippen molar-refractivity contribution in [2.75, 3.05) is 13.1 Å². The van der Waals surface area contributed by atoms with Crippen LogP contribution in [-0.2, 0) is 13.1 Å². The highest BCUT2D eigenvalue weighted by Gasteiger charge is 2.09. The SMILES string of the molecule is NCCCN(Cc1ccccc1)Cc1cc(F)cc(F)c1. The first-order valence-electron chi connectivity index (χ1n) is 7.08. The van der Waals surface area contributed by atoms with Crippen molar-refractivity contribution < 1.29 is 8.78 Å². The van der Waals surface area contributed by atoms with Crippen molar-refractivity contribution >= 4 is 0 Å². The Kier molecular flexibility index (Phi) is 5.84. The van der Waals surface area contributed by atoms with Gasteiger partial charge in [-0.25, -0.2) is 8.78 Å². The maximum absolute atomic E-state index is 13.3. The molecule has 0 unspecified atom stereocenters. The van der Waals surface area contributed by atoms with E-state index in [4.69, 9.17) is 5.73 Å². The number of nitrogens with zero attached hydrogens (tertiary/aromatic N) is 1. The fourth-order valence-corrected chi connectivity index (χ4v) is 2.33. The lowest BCUT2D eigenvalue weighted by Crippen LogP contribution is -2.25. The molecule has 0 aliphatic carbocycles. The number of halogens is 2. The van der Waals surface area contributed by atoms with Gasteiger partial charge in [0.25, 0.3) is 0 Å². The van der Waals surface area contributed by atoms with Crippen LogP contribution in [0.1, 0.15) is 17.5 Å². The van der Waals surface area contributed by atoms with E-state index in [0.717, 1.165) is 25.6 Å². The topological polar surface area (TPSA) is 29.3 Å². The summed E-state index contributed by atoms with van der Waals surface area (Å²) in [6.07, 6.45) is 0.852. The Morgan fingerprint density at radius 1 is 0.857 bits per heavy atom. The highest BCUT2D eigenvalue weighted by Crippen LogP contribution is 2.13. The van der Waals surface area contributed by atoms with E-state index in [9.17, 15) is 8.78 Å². The molecular formula is C17H20F2N2. The van der Waals surface area contributed by atoms with E-state index in [1.807, 2.05) is 30.3 Å². The van der Waals surface area contributed by atoms with Gasteiger partial charge in [0.1, 0.15) is 11.6 Å². The number of hydrogen-bond donors (Lipinski definition) is 1. The van der Waals surface area contributed by atoms with Crippen molar-refractivity contribution in [1.82, 2.24) is 4.90 Å². The first kappa shape index (κ1) is 15.6. The summed E-state index contributed by atoms with van der Waals surface area (Å²) >= 11 is 0. The Hall–Kier alpha value is -1.78. The minimum Gasteiger partial charge on any atom is -0.330 e. The van der Waals surface area contributed by atoms with Crippen molar-refractivity contribution in [2.45, 2.75) is 19.5 Å². The molecule has 0 heterocycles. The summed E-state index contributed by atoms with van der Waals surface area (Å²) in [5.41, 5.74) is 7.38. The van der Waals surface area contributed by atoms with Crippen LogP contribution >= 0.6 is 0 Å². The molecule has 0 saturated heterocycles. The molecule has 2 aromatic carbocycles. The fraction of sp³-hybridized carbons (Fsp3) is 0.294. The van der Waals surface area contributed by atoms with Gasteiger partial charge in [-0.05, 0) is 36.2 Å². The molecule has 0 spiro atoms. The summed E-state index contributed by atoms with van der Waals surface area (Å²) in [4.78, 5) is 2.15. The summed E-state index contributed by atoms with van der Waals surface area (Å²) in [5, 5.41) is 0. The van der Waals surface area contributed by atoms with Crippen LogP contribution in [0.15, 0.2) is 48.5 Å². The molecule has 0 bridgehead atoms. The van der Waals surface area contributed by atoms with E-state index >= 15 is 0 Å². The Morgan fingerprint density at radius 3 is 2.10 bits per heavy atom. The zero-order chi connectivity index (χ0) is 15.1. The van der Waals surface area contributed by atoms with Gasteiger partial charge < -0.3 is 5.73 Å². The van der Waals surface area contributed by atoms with Crippen molar-refractivity contribution in [1.29, 1.82) is 0 Å². The van der Waals surface area contributed by atoms with Crippen LogP contribution in [0.2, 0.25) is 0 Å². The largest absolute Gasteiger partial charge is 0.330 e. The summed E-state index contributed by atoms with van der Waals surface area (Å²) in [6.45, 7) is 2.63. The van der Waals surface area contributed by atoms with Gasteiger partial charge in [-0.15, -0.1) is 0 Å². The first-order valence-corrected chi connectivity index (χ1v) is 7.08. The molecule has 0 radical (unpaired) electrons. The molecule has 0 aliphatic heterocycles. The predicted octanol–water partition coefficient (Wildman–Crippen LogP) is 3.32. The number of hydrogen-bond acceptors (Lipinski definition) is 2. The quantitative estimate of drug-likeness (QED) is 0.847. The minimum absolute atomic E-state index is 0.504. The van der Waals surface area contributed by atoms with Gasteiger partial charge in [0.05, 0.1) is 0 Å². The molecule has 0 aromatic heterocycles. The van der Waals surface area contributed by atoms with Crippen LogP contribution < -0.4 is 5.73 Å². The average Bonchev–Trinajstić information content (AvgIpc) is 2.45. The molecule has 2 N–H and O–H groups in total. The average molecular weight is 290 g/mol. The zero-order valence-corrected chi connectivity index (χ0v) is 11.9. The van der Waals surface area contributed by atoms with E-state index in [0.29, 0.717) is 18.7 Å². The van der Waals surface area contributed by atoms with Crippen LogP contribution in [0.4, 0.5) is 8.78 Å². The zero-order valence-electron chi connectivity index (χ0n) is 11.9. The highest BCUT2D eigenvalue weighted by molar-refractivity contribution is 5.19. The van der Waals surface area contributed by atoms with Crippen LogP contribution in [-0.4, -0.2) is 18.0 Å². The minimum atomic E-state index is -0.538. The predicted molar refractivity (Wildman–Crippen MR) is 80.6 cm³/mol. The van der Waals surface area contributed by atoms with Crippen LogP contribution in [0.25, 0.3) is 0 Å². The first-order chi connectivity index (χ1) is 10.2. The Balaban J connectivity index is 2.08. The van der Waals surface area contributed by atoms with Gasteiger partial charge in [-0.1, -0.05) is 30.3 Å². The number of benzene rings is 2. The molecule has 0 atom stereocenters. The number of rotatable bonds is 7. The molecule has 21 heavy (non-hydrogen) atoms. The lowest BCUT2D eigenvalue weighted by Gasteiger charge is -2.22. The molecule has 0 saturated carbocycles. The van der Waals surface area contributed by atoms with Gasteiger partial charge in [0.2, 0.25) is 0 Å². The monoisotopic (exact) mass is 290 g/mol.